The third-order valence-corrected chi connectivity index (χ3v) is 2.85. The van der Waals surface area contributed by atoms with Crippen LogP contribution in [0.3, 0.4) is 0 Å². The van der Waals surface area contributed by atoms with Crippen molar-refractivity contribution < 1.29 is 9.53 Å². The number of ether oxygens (including phenoxy) is 1. The Kier molecular flexibility index (Phi) is 4.42. The van der Waals surface area contributed by atoms with E-state index < -0.39 is 6.03 Å². The largest absolute Gasteiger partial charge is 0.495 e. The highest BCUT2D eigenvalue weighted by Crippen LogP contribution is 2.25. The molecule has 0 aliphatic carbocycles. The van der Waals surface area contributed by atoms with Crippen molar-refractivity contribution in [1.29, 1.82) is 5.26 Å². The molecular formula is C16H15N3O2. The maximum Gasteiger partial charge on any atom is 0.323 e. The number of nitrogens with one attached hydrogen (secondary N) is 2. The molecule has 2 aromatic carbocycles. The Morgan fingerprint density at radius 1 is 1.19 bits per heavy atom. The van der Waals surface area contributed by atoms with Gasteiger partial charge in [-0.1, -0.05) is 12.1 Å². The second-order valence-electron chi connectivity index (χ2n) is 4.48. The van der Waals surface area contributed by atoms with Gasteiger partial charge in [-0.25, -0.2) is 4.79 Å². The number of nitriles is 1. The monoisotopic (exact) mass is 281 g/mol. The maximum atomic E-state index is 12.0. The highest BCUT2D eigenvalue weighted by Gasteiger charge is 2.08. The van der Waals surface area contributed by atoms with E-state index in [1.807, 2.05) is 25.1 Å². The van der Waals surface area contributed by atoms with Crippen molar-refractivity contribution in [3.63, 3.8) is 0 Å². The van der Waals surface area contributed by atoms with Gasteiger partial charge in [0.25, 0.3) is 0 Å². The number of aryl methyl sites for hydroxylation is 1. The number of rotatable bonds is 3. The molecule has 2 amide bonds. The first-order chi connectivity index (χ1) is 10.1. The van der Waals surface area contributed by atoms with Crippen LogP contribution in [0.1, 0.15) is 11.1 Å². The van der Waals surface area contributed by atoms with Gasteiger partial charge in [0.05, 0.1) is 24.4 Å². The molecule has 0 saturated heterocycles. The van der Waals surface area contributed by atoms with Crippen LogP contribution in [0.2, 0.25) is 0 Å². The van der Waals surface area contributed by atoms with Gasteiger partial charge in [-0.15, -0.1) is 0 Å². The summed E-state index contributed by atoms with van der Waals surface area (Å²) >= 11 is 0. The number of carbonyl (C=O) groups excluding carboxylic acids is 1. The van der Waals surface area contributed by atoms with Gasteiger partial charge < -0.3 is 15.4 Å². The highest BCUT2D eigenvalue weighted by molar-refractivity contribution is 6.00. The van der Waals surface area contributed by atoms with Crippen LogP contribution in [-0.2, 0) is 0 Å². The molecule has 0 unspecified atom stereocenters. The van der Waals surface area contributed by atoms with Gasteiger partial charge in [-0.05, 0) is 42.8 Å². The summed E-state index contributed by atoms with van der Waals surface area (Å²) < 4.78 is 5.20. The standard InChI is InChI=1S/C16H15N3O2/c1-11-6-7-15(21-2)14(8-11)19-16(20)18-13-5-3-4-12(9-13)10-17/h3-9H,1-2H3,(H2,18,19,20). The molecule has 0 bridgehead atoms. The van der Waals surface area contributed by atoms with Gasteiger partial charge in [-0.3, -0.25) is 0 Å². The molecule has 0 fully saturated rings. The van der Waals surface area contributed by atoms with E-state index in [4.69, 9.17) is 10.00 Å². The average Bonchev–Trinajstić information content (AvgIpc) is 2.47. The Morgan fingerprint density at radius 3 is 2.71 bits per heavy atom. The van der Waals surface area contributed by atoms with Gasteiger partial charge >= 0.3 is 6.03 Å². The minimum atomic E-state index is -0.394. The molecule has 0 aliphatic heterocycles. The molecule has 0 heterocycles. The number of benzene rings is 2. The number of nitrogens with zero attached hydrogens (tertiary/aromatic N) is 1. The molecule has 0 radical (unpaired) electrons. The van der Waals surface area contributed by atoms with Crippen LogP contribution in [0.5, 0.6) is 5.75 Å². The van der Waals surface area contributed by atoms with E-state index in [2.05, 4.69) is 10.6 Å². The summed E-state index contributed by atoms with van der Waals surface area (Å²) in [5, 5.41) is 14.2. The summed E-state index contributed by atoms with van der Waals surface area (Å²) in [6.45, 7) is 1.93. The Morgan fingerprint density at radius 2 is 2.00 bits per heavy atom. The number of amides is 2. The summed E-state index contributed by atoms with van der Waals surface area (Å²) in [4.78, 5) is 12.0. The third-order valence-electron chi connectivity index (χ3n) is 2.85. The van der Waals surface area contributed by atoms with Crippen LogP contribution >= 0.6 is 0 Å². The molecule has 0 atom stereocenters. The fourth-order valence-electron chi connectivity index (χ4n) is 1.87. The van der Waals surface area contributed by atoms with E-state index in [-0.39, 0.29) is 0 Å². The third kappa shape index (κ3) is 3.74. The smallest absolute Gasteiger partial charge is 0.323 e. The summed E-state index contributed by atoms with van der Waals surface area (Å²) in [5.74, 6) is 0.585. The van der Waals surface area contributed by atoms with Crippen molar-refractivity contribution in [2.75, 3.05) is 17.7 Å². The second-order valence-corrected chi connectivity index (χ2v) is 4.48. The molecule has 5 heteroatoms. The van der Waals surface area contributed by atoms with E-state index in [0.29, 0.717) is 22.7 Å². The first kappa shape index (κ1) is 14.4. The zero-order chi connectivity index (χ0) is 15.2. The van der Waals surface area contributed by atoms with Crippen molar-refractivity contribution in [3.05, 3.63) is 53.6 Å². The molecule has 106 valence electrons. The average molecular weight is 281 g/mol. The van der Waals surface area contributed by atoms with Gasteiger partial charge in [0.1, 0.15) is 5.75 Å². The molecule has 2 N–H and O–H groups in total. The van der Waals surface area contributed by atoms with Crippen molar-refractivity contribution in [2.45, 2.75) is 6.92 Å². The summed E-state index contributed by atoms with van der Waals surface area (Å²) in [5.41, 5.74) is 2.64. The fourth-order valence-corrected chi connectivity index (χ4v) is 1.87. The van der Waals surface area contributed by atoms with E-state index in [0.717, 1.165) is 5.56 Å². The molecular weight excluding hydrogens is 266 g/mol. The highest BCUT2D eigenvalue weighted by atomic mass is 16.5. The first-order valence-electron chi connectivity index (χ1n) is 6.35. The molecule has 0 saturated carbocycles. The molecule has 2 aromatic rings. The normalized spacial score (nSPS) is 9.57. The lowest BCUT2D eigenvalue weighted by atomic mass is 10.2. The van der Waals surface area contributed by atoms with E-state index in [9.17, 15) is 4.79 Å². The number of methoxy groups -OCH3 is 1. The van der Waals surface area contributed by atoms with Crippen LogP contribution < -0.4 is 15.4 Å². The van der Waals surface area contributed by atoms with E-state index >= 15 is 0 Å². The van der Waals surface area contributed by atoms with Gasteiger partial charge in [-0.2, -0.15) is 5.26 Å². The van der Waals surface area contributed by atoms with E-state index in [1.165, 1.54) is 0 Å². The fraction of sp³-hybridized carbons (Fsp3) is 0.125. The first-order valence-corrected chi connectivity index (χ1v) is 6.35. The van der Waals surface area contributed by atoms with Gasteiger partial charge in [0.2, 0.25) is 0 Å². The number of hydrogen-bond acceptors (Lipinski definition) is 3. The molecule has 2 rings (SSSR count). The quantitative estimate of drug-likeness (QED) is 0.904. The van der Waals surface area contributed by atoms with Crippen molar-refractivity contribution in [1.82, 2.24) is 0 Å². The van der Waals surface area contributed by atoms with Gasteiger partial charge in [0, 0.05) is 5.69 Å². The molecule has 0 spiro atoms. The Bertz CT molecular complexity index is 705. The van der Waals surface area contributed by atoms with Crippen LogP contribution in [0, 0.1) is 18.3 Å². The van der Waals surface area contributed by atoms with Crippen LogP contribution in [0.15, 0.2) is 42.5 Å². The van der Waals surface area contributed by atoms with Gasteiger partial charge in [0.15, 0.2) is 0 Å². The van der Waals surface area contributed by atoms with Crippen molar-refractivity contribution in [2.24, 2.45) is 0 Å². The Balaban J connectivity index is 2.11. The Labute approximate surface area is 123 Å². The molecule has 0 aliphatic rings. The lowest BCUT2D eigenvalue weighted by Gasteiger charge is -2.12. The number of carbonyl (C=O) groups is 1. The number of hydrogen-bond donors (Lipinski definition) is 2. The number of urea groups is 1. The summed E-state index contributed by atoms with van der Waals surface area (Å²) in [7, 11) is 1.55. The lowest BCUT2D eigenvalue weighted by molar-refractivity contribution is 0.262. The minimum Gasteiger partial charge on any atom is -0.495 e. The number of anilines is 2. The topological polar surface area (TPSA) is 74.2 Å². The molecule has 0 aromatic heterocycles. The predicted octanol–water partition coefficient (Wildman–Crippen LogP) is 3.52. The van der Waals surface area contributed by atoms with Crippen molar-refractivity contribution in [3.8, 4) is 11.8 Å². The van der Waals surface area contributed by atoms with Crippen molar-refractivity contribution >= 4 is 17.4 Å². The zero-order valence-electron chi connectivity index (χ0n) is 11.8. The minimum absolute atomic E-state index is 0.394. The predicted molar refractivity (Wildman–Crippen MR) is 81.5 cm³/mol. The lowest BCUT2D eigenvalue weighted by Crippen LogP contribution is -2.19. The summed E-state index contributed by atoms with van der Waals surface area (Å²) in [6, 6.07) is 13.9. The molecule has 5 nitrogen and oxygen atoms in total. The van der Waals surface area contributed by atoms with Crippen LogP contribution in [0.25, 0.3) is 0 Å². The molecule has 21 heavy (non-hydrogen) atoms. The van der Waals surface area contributed by atoms with Crippen LogP contribution in [-0.4, -0.2) is 13.1 Å². The van der Waals surface area contributed by atoms with Crippen LogP contribution in [0.4, 0.5) is 16.2 Å². The van der Waals surface area contributed by atoms with E-state index in [1.54, 1.807) is 37.4 Å². The maximum absolute atomic E-state index is 12.0. The summed E-state index contributed by atoms with van der Waals surface area (Å²) in [6.07, 6.45) is 0. The zero-order valence-corrected chi connectivity index (χ0v) is 11.8. The Hall–Kier alpha value is -3.00. The second kappa shape index (κ2) is 6.44. The SMILES string of the molecule is COc1ccc(C)cc1NC(=O)Nc1cccc(C#N)c1.